The topological polar surface area (TPSA) is 15.7 Å². The Morgan fingerprint density at radius 1 is 1.10 bits per heavy atom. The molecule has 1 saturated heterocycles. The Morgan fingerprint density at radius 3 is 2.81 bits per heavy atom. The van der Waals surface area contributed by atoms with E-state index in [0.717, 1.165) is 38.0 Å². The van der Waals surface area contributed by atoms with Crippen molar-refractivity contribution in [2.75, 3.05) is 51.2 Å². The Labute approximate surface area is 136 Å². The molecule has 1 unspecified atom stereocenters. The number of halogens is 1. The molecule has 116 valence electrons. The minimum atomic E-state index is 0.262. The van der Waals surface area contributed by atoms with Crippen molar-refractivity contribution >= 4 is 15.9 Å². The third-order valence-electron chi connectivity index (χ3n) is 4.60. The van der Waals surface area contributed by atoms with E-state index in [1.165, 1.54) is 37.2 Å². The lowest BCUT2D eigenvalue weighted by Gasteiger charge is -2.31. The molecule has 4 heteroatoms. The Kier molecular flexibility index (Phi) is 5.69. The van der Waals surface area contributed by atoms with Crippen LogP contribution in [0.4, 0.5) is 0 Å². The van der Waals surface area contributed by atoms with Crippen molar-refractivity contribution in [2.45, 2.75) is 18.9 Å². The molecule has 0 aromatic heterocycles. The van der Waals surface area contributed by atoms with Gasteiger partial charge < -0.3 is 9.64 Å². The number of hydrogen-bond donors (Lipinski definition) is 0. The second-order valence-corrected chi connectivity index (χ2v) is 6.79. The fourth-order valence-electron chi connectivity index (χ4n) is 3.41. The van der Waals surface area contributed by atoms with Crippen LogP contribution in [0.15, 0.2) is 24.3 Å². The summed E-state index contributed by atoms with van der Waals surface area (Å²) in [7, 11) is 0. The summed E-state index contributed by atoms with van der Waals surface area (Å²) in [6.07, 6.45) is 2.59. The van der Waals surface area contributed by atoms with Crippen molar-refractivity contribution in [2.24, 2.45) is 0 Å². The van der Waals surface area contributed by atoms with Crippen LogP contribution in [0.2, 0.25) is 0 Å². The zero-order chi connectivity index (χ0) is 14.5. The number of hydrogen-bond acceptors (Lipinski definition) is 3. The van der Waals surface area contributed by atoms with E-state index in [0.29, 0.717) is 0 Å². The van der Waals surface area contributed by atoms with E-state index in [-0.39, 0.29) is 6.10 Å². The summed E-state index contributed by atoms with van der Waals surface area (Å²) in [5, 5.41) is 1.08. The Morgan fingerprint density at radius 2 is 1.90 bits per heavy atom. The van der Waals surface area contributed by atoms with Gasteiger partial charge in [-0.3, -0.25) is 4.90 Å². The van der Waals surface area contributed by atoms with Crippen molar-refractivity contribution in [3.8, 4) is 0 Å². The van der Waals surface area contributed by atoms with Gasteiger partial charge in [0.25, 0.3) is 0 Å². The molecule has 0 N–H and O–H groups in total. The van der Waals surface area contributed by atoms with Gasteiger partial charge in [0.1, 0.15) is 0 Å². The zero-order valence-corrected chi connectivity index (χ0v) is 14.2. The summed E-state index contributed by atoms with van der Waals surface area (Å²) in [6, 6.07) is 8.78. The first-order chi connectivity index (χ1) is 10.4. The predicted molar refractivity (Wildman–Crippen MR) is 90.1 cm³/mol. The van der Waals surface area contributed by atoms with Crippen LogP contribution in [0.1, 0.15) is 23.7 Å². The summed E-state index contributed by atoms with van der Waals surface area (Å²) >= 11 is 3.55. The molecule has 1 aromatic carbocycles. The highest BCUT2D eigenvalue weighted by molar-refractivity contribution is 9.09. The Bertz CT molecular complexity index is 454. The molecule has 0 radical (unpaired) electrons. The van der Waals surface area contributed by atoms with Crippen LogP contribution in [0, 0.1) is 0 Å². The number of benzene rings is 1. The molecular formula is C17H25BrN2O. The van der Waals surface area contributed by atoms with Crippen molar-refractivity contribution in [3.05, 3.63) is 35.4 Å². The van der Waals surface area contributed by atoms with Crippen LogP contribution in [0.3, 0.4) is 0 Å². The number of rotatable bonds is 4. The molecule has 2 aliphatic rings. The molecule has 2 heterocycles. The van der Waals surface area contributed by atoms with E-state index in [1.807, 2.05) is 0 Å². The van der Waals surface area contributed by atoms with Crippen LogP contribution >= 0.6 is 15.9 Å². The maximum atomic E-state index is 6.06. The largest absolute Gasteiger partial charge is 0.372 e. The first-order valence-electron chi connectivity index (χ1n) is 8.07. The van der Waals surface area contributed by atoms with Gasteiger partial charge in [-0.25, -0.2) is 0 Å². The minimum absolute atomic E-state index is 0.262. The summed E-state index contributed by atoms with van der Waals surface area (Å²) in [4.78, 5) is 5.14. The molecule has 21 heavy (non-hydrogen) atoms. The summed E-state index contributed by atoms with van der Waals surface area (Å²) < 4.78 is 6.06. The van der Waals surface area contributed by atoms with Gasteiger partial charge in [-0.15, -0.1) is 0 Å². The third-order valence-corrected chi connectivity index (χ3v) is 4.95. The van der Waals surface area contributed by atoms with Crippen LogP contribution in [0.25, 0.3) is 0 Å². The smallest absolute Gasteiger partial charge is 0.0954 e. The van der Waals surface area contributed by atoms with Crippen molar-refractivity contribution < 1.29 is 4.74 Å². The molecule has 1 fully saturated rings. The lowest BCUT2D eigenvalue weighted by atomic mass is 9.97. The highest BCUT2D eigenvalue weighted by atomic mass is 79.9. The number of alkyl halides is 1. The van der Waals surface area contributed by atoms with Crippen LogP contribution in [0.5, 0.6) is 0 Å². The highest BCUT2D eigenvalue weighted by Crippen LogP contribution is 2.27. The van der Waals surface area contributed by atoms with Crippen molar-refractivity contribution in [1.82, 2.24) is 9.80 Å². The fraction of sp³-hybridized carbons (Fsp3) is 0.647. The molecular weight excluding hydrogens is 328 g/mol. The summed E-state index contributed by atoms with van der Waals surface area (Å²) in [5.74, 6) is 0. The first-order valence-corrected chi connectivity index (χ1v) is 9.19. The SMILES string of the molecule is BrCCN1CCCN(CC2OCCc3ccccc32)CC1. The Balaban J connectivity index is 1.60. The third kappa shape index (κ3) is 4.07. The van der Waals surface area contributed by atoms with Gasteiger partial charge in [-0.2, -0.15) is 0 Å². The van der Waals surface area contributed by atoms with E-state index in [1.54, 1.807) is 0 Å². The van der Waals surface area contributed by atoms with Gasteiger partial charge in [0.05, 0.1) is 12.7 Å². The molecule has 0 amide bonds. The lowest BCUT2D eigenvalue weighted by molar-refractivity contribution is 0.0167. The quantitative estimate of drug-likeness (QED) is 0.774. The standard InChI is InChI=1S/C17H25BrN2O/c18-7-10-19-8-3-9-20(12-11-19)14-17-16-5-2-1-4-15(16)6-13-21-17/h1-2,4-5,17H,3,6-14H2. The maximum Gasteiger partial charge on any atom is 0.0954 e. The van der Waals surface area contributed by atoms with Crippen molar-refractivity contribution in [3.63, 3.8) is 0 Å². The minimum Gasteiger partial charge on any atom is -0.372 e. The maximum absolute atomic E-state index is 6.06. The average Bonchev–Trinajstić information content (AvgIpc) is 2.74. The Hall–Kier alpha value is -0.420. The van der Waals surface area contributed by atoms with Gasteiger partial charge >= 0.3 is 0 Å². The second-order valence-electron chi connectivity index (χ2n) is 5.99. The summed E-state index contributed by atoms with van der Waals surface area (Å²) in [6.45, 7) is 7.83. The van der Waals surface area contributed by atoms with Gasteiger partial charge in [-0.05, 0) is 37.1 Å². The van der Waals surface area contributed by atoms with Crippen molar-refractivity contribution in [1.29, 1.82) is 0 Å². The number of ether oxygens (including phenoxy) is 1. The molecule has 2 aliphatic heterocycles. The average molecular weight is 353 g/mol. The number of fused-ring (bicyclic) bond motifs is 1. The molecule has 1 aromatic rings. The second kappa shape index (κ2) is 7.73. The predicted octanol–water partition coefficient (Wildman–Crippen LogP) is 2.70. The van der Waals surface area contributed by atoms with Gasteiger partial charge in [0.15, 0.2) is 0 Å². The van der Waals surface area contributed by atoms with Gasteiger partial charge in [0.2, 0.25) is 0 Å². The van der Waals surface area contributed by atoms with Gasteiger partial charge in [0, 0.05) is 31.5 Å². The monoisotopic (exact) mass is 352 g/mol. The molecule has 1 atom stereocenters. The van der Waals surface area contributed by atoms with E-state index in [4.69, 9.17) is 4.74 Å². The van der Waals surface area contributed by atoms with E-state index in [9.17, 15) is 0 Å². The number of nitrogens with zero attached hydrogens (tertiary/aromatic N) is 2. The molecule has 0 aliphatic carbocycles. The van der Waals surface area contributed by atoms with E-state index < -0.39 is 0 Å². The van der Waals surface area contributed by atoms with Crippen LogP contribution in [-0.4, -0.2) is 61.0 Å². The molecule has 0 bridgehead atoms. The zero-order valence-electron chi connectivity index (χ0n) is 12.6. The van der Waals surface area contributed by atoms with Gasteiger partial charge in [-0.1, -0.05) is 40.2 Å². The van der Waals surface area contributed by atoms with E-state index >= 15 is 0 Å². The lowest BCUT2D eigenvalue weighted by Crippen LogP contribution is -2.35. The molecule has 3 rings (SSSR count). The van der Waals surface area contributed by atoms with E-state index in [2.05, 4.69) is 50.0 Å². The van der Waals surface area contributed by atoms with Crippen LogP contribution in [-0.2, 0) is 11.2 Å². The fourth-order valence-corrected chi connectivity index (χ4v) is 3.91. The molecule has 3 nitrogen and oxygen atoms in total. The normalized spacial score (nSPS) is 24.5. The highest BCUT2D eigenvalue weighted by Gasteiger charge is 2.24. The molecule has 0 spiro atoms. The summed E-state index contributed by atoms with van der Waals surface area (Å²) in [5.41, 5.74) is 2.88. The first kappa shape index (κ1) is 15.5. The molecule has 0 saturated carbocycles. The van der Waals surface area contributed by atoms with Crippen LogP contribution < -0.4 is 0 Å².